The zero-order chi connectivity index (χ0) is 15.8. The van der Waals surface area contributed by atoms with Gasteiger partial charge in [-0.05, 0) is 43.8 Å². The van der Waals surface area contributed by atoms with E-state index in [0.29, 0.717) is 12.2 Å². The van der Waals surface area contributed by atoms with Crippen LogP contribution in [-0.2, 0) is 9.59 Å². The number of carbonyl (C=O) groups excluding carboxylic acids is 2. The van der Waals surface area contributed by atoms with Gasteiger partial charge >= 0.3 is 11.8 Å². The largest absolute Gasteiger partial charge is 0.347 e. The Labute approximate surface area is 134 Å². The van der Waals surface area contributed by atoms with Crippen LogP contribution in [0.2, 0.25) is 0 Å². The average Bonchev–Trinajstić information content (AvgIpc) is 2.46. The molecule has 0 heterocycles. The third kappa shape index (κ3) is 5.85. The molecule has 6 heteroatoms. The summed E-state index contributed by atoms with van der Waals surface area (Å²) in [5, 5.41) is 5.25. The number of aryl methyl sites for hydroxylation is 1. The number of rotatable bonds is 6. The van der Waals surface area contributed by atoms with Crippen molar-refractivity contribution in [3.63, 3.8) is 0 Å². The summed E-state index contributed by atoms with van der Waals surface area (Å²) in [7, 11) is 0. The minimum Gasteiger partial charge on any atom is -0.347 e. The van der Waals surface area contributed by atoms with Gasteiger partial charge in [-0.3, -0.25) is 9.59 Å². The fourth-order valence-electron chi connectivity index (χ4n) is 1.89. The molecule has 0 saturated carbocycles. The standard InChI is InChI=1S/C15H22BrN3O2/c1-4-19(5-2)9-8-17-14(20)15(21)18-13-7-6-12(16)10-11(13)3/h6-7,10H,4-5,8-9H2,1-3H3,(H,17,20)(H,18,21). The molecule has 0 aliphatic rings. The van der Waals surface area contributed by atoms with Crippen molar-refractivity contribution in [2.75, 3.05) is 31.5 Å². The second kappa shape index (κ2) is 8.79. The number of anilines is 1. The second-order valence-corrected chi connectivity index (χ2v) is 5.61. The zero-order valence-corrected chi connectivity index (χ0v) is 14.3. The van der Waals surface area contributed by atoms with E-state index in [0.717, 1.165) is 29.7 Å². The predicted molar refractivity (Wildman–Crippen MR) is 88.3 cm³/mol. The highest BCUT2D eigenvalue weighted by Crippen LogP contribution is 2.19. The maximum atomic E-state index is 11.8. The SMILES string of the molecule is CCN(CC)CCNC(=O)C(=O)Nc1ccc(Br)cc1C. The van der Waals surface area contributed by atoms with E-state index in [-0.39, 0.29) is 0 Å². The monoisotopic (exact) mass is 355 g/mol. The summed E-state index contributed by atoms with van der Waals surface area (Å²) in [6.45, 7) is 9.06. The van der Waals surface area contributed by atoms with Gasteiger partial charge in [-0.15, -0.1) is 0 Å². The van der Waals surface area contributed by atoms with Gasteiger partial charge in [0.05, 0.1) is 0 Å². The number of nitrogens with one attached hydrogen (secondary N) is 2. The van der Waals surface area contributed by atoms with Gasteiger partial charge < -0.3 is 15.5 Å². The lowest BCUT2D eigenvalue weighted by molar-refractivity contribution is -0.136. The molecule has 21 heavy (non-hydrogen) atoms. The van der Waals surface area contributed by atoms with Crippen LogP contribution in [0.3, 0.4) is 0 Å². The van der Waals surface area contributed by atoms with E-state index < -0.39 is 11.8 Å². The first-order valence-electron chi connectivity index (χ1n) is 7.05. The van der Waals surface area contributed by atoms with Crippen molar-refractivity contribution in [1.29, 1.82) is 0 Å². The lowest BCUT2D eigenvalue weighted by Crippen LogP contribution is -2.40. The molecule has 0 fully saturated rings. The zero-order valence-electron chi connectivity index (χ0n) is 12.7. The predicted octanol–water partition coefficient (Wildman–Crippen LogP) is 2.15. The van der Waals surface area contributed by atoms with Gasteiger partial charge in [-0.1, -0.05) is 29.8 Å². The van der Waals surface area contributed by atoms with E-state index in [4.69, 9.17) is 0 Å². The number of benzene rings is 1. The topological polar surface area (TPSA) is 61.4 Å². The lowest BCUT2D eigenvalue weighted by Gasteiger charge is -2.17. The first-order chi connectivity index (χ1) is 9.97. The number of nitrogens with zero attached hydrogens (tertiary/aromatic N) is 1. The van der Waals surface area contributed by atoms with Crippen LogP contribution >= 0.6 is 15.9 Å². The summed E-state index contributed by atoms with van der Waals surface area (Å²) in [6.07, 6.45) is 0. The molecule has 0 saturated heterocycles. The highest BCUT2D eigenvalue weighted by Gasteiger charge is 2.14. The van der Waals surface area contributed by atoms with Crippen molar-refractivity contribution < 1.29 is 9.59 Å². The Hall–Kier alpha value is -1.40. The van der Waals surface area contributed by atoms with E-state index in [1.54, 1.807) is 6.07 Å². The molecule has 1 aromatic rings. The van der Waals surface area contributed by atoms with E-state index in [1.807, 2.05) is 19.1 Å². The molecule has 2 N–H and O–H groups in total. The molecular formula is C15H22BrN3O2. The molecule has 116 valence electrons. The number of carbonyl (C=O) groups is 2. The Morgan fingerprint density at radius 2 is 1.86 bits per heavy atom. The van der Waals surface area contributed by atoms with Gasteiger partial charge in [0.2, 0.25) is 0 Å². The van der Waals surface area contributed by atoms with Crippen molar-refractivity contribution in [3.05, 3.63) is 28.2 Å². The summed E-state index contributed by atoms with van der Waals surface area (Å²) in [6, 6.07) is 5.47. The second-order valence-electron chi connectivity index (χ2n) is 4.70. The van der Waals surface area contributed by atoms with Crippen LogP contribution in [0, 0.1) is 6.92 Å². The summed E-state index contributed by atoms with van der Waals surface area (Å²) >= 11 is 3.36. The van der Waals surface area contributed by atoms with Crippen LogP contribution in [0.25, 0.3) is 0 Å². The van der Waals surface area contributed by atoms with Gasteiger partial charge in [-0.25, -0.2) is 0 Å². The molecule has 1 aromatic carbocycles. The summed E-state index contributed by atoms with van der Waals surface area (Å²) in [5.74, 6) is -1.25. The summed E-state index contributed by atoms with van der Waals surface area (Å²) < 4.78 is 0.932. The smallest absolute Gasteiger partial charge is 0.313 e. The first kappa shape index (κ1) is 17.7. The Morgan fingerprint density at radius 3 is 2.43 bits per heavy atom. The number of likely N-dealkylation sites (N-methyl/N-ethyl adjacent to an activating group) is 1. The maximum Gasteiger partial charge on any atom is 0.313 e. The molecule has 0 atom stereocenters. The highest BCUT2D eigenvalue weighted by molar-refractivity contribution is 9.10. The highest BCUT2D eigenvalue weighted by atomic mass is 79.9. The number of hydrogen-bond donors (Lipinski definition) is 2. The Morgan fingerprint density at radius 1 is 1.19 bits per heavy atom. The van der Waals surface area contributed by atoms with Crippen molar-refractivity contribution in [2.24, 2.45) is 0 Å². The average molecular weight is 356 g/mol. The van der Waals surface area contributed by atoms with Gasteiger partial charge in [0.25, 0.3) is 0 Å². The van der Waals surface area contributed by atoms with Crippen LogP contribution in [0.5, 0.6) is 0 Å². The third-order valence-electron chi connectivity index (χ3n) is 3.25. The van der Waals surface area contributed by atoms with E-state index in [9.17, 15) is 9.59 Å². The summed E-state index contributed by atoms with van der Waals surface area (Å²) in [4.78, 5) is 25.7. The van der Waals surface area contributed by atoms with Crippen LogP contribution in [0.1, 0.15) is 19.4 Å². The molecule has 1 rings (SSSR count). The number of amides is 2. The molecule has 0 bridgehead atoms. The van der Waals surface area contributed by atoms with E-state index in [1.165, 1.54) is 0 Å². The maximum absolute atomic E-state index is 11.8. The minimum atomic E-state index is -0.639. The van der Waals surface area contributed by atoms with Crippen molar-refractivity contribution in [1.82, 2.24) is 10.2 Å². The third-order valence-corrected chi connectivity index (χ3v) is 3.74. The molecule has 0 radical (unpaired) electrons. The molecule has 0 aliphatic carbocycles. The van der Waals surface area contributed by atoms with E-state index in [2.05, 4.69) is 45.3 Å². The van der Waals surface area contributed by atoms with Crippen LogP contribution in [0.15, 0.2) is 22.7 Å². The minimum absolute atomic E-state index is 0.466. The van der Waals surface area contributed by atoms with Gasteiger partial charge in [0, 0.05) is 23.2 Å². The molecule has 5 nitrogen and oxygen atoms in total. The van der Waals surface area contributed by atoms with Crippen molar-refractivity contribution in [3.8, 4) is 0 Å². The fraction of sp³-hybridized carbons (Fsp3) is 0.467. The molecular weight excluding hydrogens is 334 g/mol. The van der Waals surface area contributed by atoms with E-state index >= 15 is 0 Å². The fourth-order valence-corrected chi connectivity index (χ4v) is 2.37. The summed E-state index contributed by atoms with van der Waals surface area (Å²) in [5.41, 5.74) is 1.54. The van der Waals surface area contributed by atoms with Crippen LogP contribution in [-0.4, -0.2) is 42.9 Å². The van der Waals surface area contributed by atoms with Gasteiger partial charge in [0.1, 0.15) is 0 Å². The first-order valence-corrected chi connectivity index (χ1v) is 7.84. The van der Waals surface area contributed by atoms with Crippen molar-refractivity contribution in [2.45, 2.75) is 20.8 Å². The molecule has 0 aliphatic heterocycles. The Kier molecular flexibility index (Phi) is 7.39. The van der Waals surface area contributed by atoms with Crippen LogP contribution in [0.4, 0.5) is 5.69 Å². The van der Waals surface area contributed by atoms with Crippen LogP contribution < -0.4 is 10.6 Å². The van der Waals surface area contributed by atoms with Crippen molar-refractivity contribution >= 4 is 33.4 Å². The lowest BCUT2D eigenvalue weighted by atomic mass is 10.2. The quantitative estimate of drug-likeness (QED) is 0.768. The Bertz CT molecular complexity index is 502. The molecule has 0 aromatic heterocycles. The molecule has 2 amide bonds. The number of halogens is 1. The van der Waals surface area contributed by atoms with Gasteiger partial charge in [0.15, 0.2) is 0 Å². The van der Waals surface area contributed by atoms with Gasteiger partial charge in [-0.2, -0.15) is 0 Å². The molecule has 0 spiro atoms. The normalized spacial score (nSPS) is 10.5. The Balaban J connectivity index is 2.46. The molecule has 0 unspecified atom stereocenters. The number of hydrogen-bond acceptors (Lipinski definition) is 3.